The zero-order valence-electron chi connectivity index (χ0n) is 8.34. The van der Waals surface area contributed by atoms with Crippen LogP contribution >= 0.6 is 0 Å². The Hall–Kier alpha value is -1.85. The summed E-state index contributed by atoms with van der Waals surface area (Å²) >= 11 is 0. The third-order valence-corrected chi connectivity index (χ3v) is 1.90. The lowest BCUT2D eigenvalue weighted by Gasteiger charge is -2.14. The molecule has 0 saturated carbocycles. The molecule has 0 aliphatic heterocycles. The maximum absolute atomic E-state index is 11.5. The van der Waals surface area contributed by atoms with Crippen LogP contribution in [-0.2, 0) is 16.0 Å². The summed E-state index contributed by atoms with van der Waals surface area (Å²) < 4.78 is 4.72. The second-order valence-electron chi connectivity index (χ2n) is 3.12. The van der Waals surface area contributed by atoms with Crippen LogP contribution in [0.2, 0.25) is 0 Å². The molecule has 0 radical (unpaired) electrons. The third kappa shape index (κ3) is 3.80. The Bertz CT molecular complexity index is 334. The molecule has 6 nitrogen and oxygen atoms in total. The van der Waals surface area contributed by atoms with Gasteiger partial charge in [-0.2, -0.15) is 0 Å². The highest BCUT2D eigenvalue weighted by molar-refractivity contribution is 5.78. The molecule has 0 atom stereocenters. The highest BCUT2D eigenvalue weighted by atomic mass is 16.4. The van der Waals surface area contributed by atoms with Crippen molar-refractivity contribution in [2.45, 2.75) is 12.8 Å². The number of aromatic nitrogens is 1. The fraction of sp³-hybridized carbons (Fsp3) is 0.444. The van der Waals surface area contributed by atoms with Crippen molar-refractivity contribution < 1.29 is 19.1 Å². The van der Waals surface area contributed by atoms with Crippen molar-refractivity contribution in [2.24, 2.45) is 0 Å². The molecule has 1 amide bonds. The van der Waals surface area contributed by atoms with Crippen molar-refractivity contribution in [2.75, 3.05) is 13.6 Å². The summed E-state index contributed by atoms with van der Waals surface area (Å²) in [6.45, 7) is 0.200. The standard InChI is InChI=1S/C9H12N2O4/c1-11(3-2-9(13)14)8(12)4-7-5-15-6-10-7/h5-6H,2-4H2,1H3,(H,13,14). The number of likely N-dealkylation sites (N-methyl/N-ethyl adjacent to an activating group) is 1. The summed E-state index contributed by atoms with van der Waals surface area (Å²) in [5.74, 6) is -1.10. The van der Waals surface area contributed by atoms with Crippen LogP contribution in [0.5, 0.6) is 0 Å². The van der Waals surface area contributed by atoms with E-state index in [1.165, 1.54) is 17.6 Å². The van der Waals surface area contributed by atoms with E-state index in [2.05, 4.69) is 4.98 Å². The molecule has 0 unspecified atom stereocenters. The fourth-order valence-corrected chi connectivity index (χ4v) is 1.00. The molecule has 6 heteroatoms. The van der Waals surface area contributed by atoms with Gasteiger partial charge in [-0.05, 0) is 0 Å². The minimum absolute atomic E-state index is 0.0545. The lowest BCUT2D eigenvalue weighted by atomic mass is 10.3. The molecular weight excluding hydrogens is 200 g/mol. The lowest BCUT2D eigenvalue weighted by molar-refractivity contribution is -0.138. The van der Waals surface area contributed by atoms with Gasteiger partial charge < -0.3 is 14.4 Å². The highest BCUT2D eigenvalue weighted by Crippen LogP contribution is 1.99. The van der Waals surface area contributed by atoms with E-state index in [4.69, 9.17) is 9.52 Å². The molecule has 1 aromatic rings. The van der Waals surface area contributed by atoms with Crippen LogP contribution in [0.15, 0.2) is 17.1 Å². The van der Waals surface area contributed by atoms with Gasteiger partial charge in [0.2, 0.25) is 5.91 Å². The van der Waals surface area contributed by atoms with Crippen LogP contribution in [0, 0.1) is 0 Å². The summed E-state index contributed by atoms with van der Waals surface area (Å²) in [6.07, 6.45) is 2.72. The quantitative estimate of drug-likeness (QED) is 0.751. The molecule has 0 bridgehead atoms. The van der Waals surface area contributed by atoms with E-state index in [1.54, 1.807) is 7.05 Å². The molecule has 15 heavy (non-hydrogen) atoms. The van der Waals surface area contributed by atoms with Crippen molar-refractivity contribution >= 4 is 11.9 Å². The van der Waals surface area contributed by atoms with Crippen LogP contribution in [0.25, 0.3) is 0 Å². The van der Waals surface area contributed by atoms with Crippen molar-refractivity contribution in [3.8, 4) is 0 Å². The molecule has 0 fully saturated rings. The molecular formula is C9H12N2O4. The molecule has 0 spiro atoms. The smallest absolute Gasteiger partial charge is 0.305 e. The first-order chi connectivity index (χ1) is 7.09. The Morgan fingerprint density at radius 3 is 2.87 bits per heavy atom. The number of carboxylic acid groups (broad SMARTS) is 1. The number of hydrogen-bond acceptors (Lipinski definition) is 4. The van der Waals surface area contributed by atoms with Gasteiger partial charge in [-0.25, -0.2) is 4.98 Å². The van der Waals surface area contributed by atoms with Crippen LogP contribution in [-0.4, -0.2) is 40.5 Å². The number of carbonyl (C=O) groups is 2. The summed E-state index contributed by atoms with van der Waals surface area (Å²) in [5.41, 5.74) is 0.544. The van der Waals surface area contributed by atoms with Gasteiger partial charge in [0.1, 0.15) is 6.26 Å². The number of carboxylic acids is 1. The number of oxazole rings is 1. The van der Waals surface area contributed by atoms with Gasteiger partial charge in [-0.1, -0.05) is 0 Å². The number of hydrogen-bond donors (Lipinski definition) is 1. The van der Waals surface area contributed by atoms with E-state index in [0.29, 0.717) is 5.69 Å². The zero-order valence-corrected chi connectivity index (χ0v) is 8.34. The largest absolute Gasteiger partial charge is 0.481 e. The van der Waals surface area contributed by atoms with Crippen LogP contribution < -0.4 is 0 Å². The van der Waals surface area contributed by atoms with Gasteiger partial charge in [-0.15, -0.1) is 0 Å². The van der Waals surface area contributed by atoms with Crippen LogP contribution in [0.1, 0.15) is 12.1 Å². The zero-order chi connectivity index (χ0) is 11.3. The molecule has 1 N–H and O–H groups in total. The Kier molecular flexibility index (Phi) is 3.84. The summed E-state index contributed by atoms with van der Waals surface area (Å²) in [4.78, 5) is 26.9. The normalized spacial score (nSPS) is 9.93. The molecule has 0 saturated heterocycles. The van der Waals surface area contributed by atoms with Crippen molar-refractivity contribution in [1.29, 1.82) is 0 Å². The van der Waals surface area contributed by atoms with Gasteiger partial charge in [0.25, 0.3) is 0 Å². The third-order valence-electron chi connectivity index (χ3n) is 1.90. The molecule has 0 aliphatic carbocycles. The number of aliphatic carboxylic acids is 1. The first kappa shape index (κ1) is 11.2. The van der Waals surface area contributed by atoms with Crippen LogP contribution in [0.4, 0.5) is 0 Å². The molecule has 1 heterocycles. The first-order valence-corrected chi connectivity index (χ1v) is 4.42. The van der Waals surface area contributed by atoms with Gasteiger partial charge in [-0.3, -0.25) is 9.59 Å². The monoisotopic (exact) mass is 212 g/mol. The minimum atomic E-state index is -0.920. The second kappa shape index (κ2) is 5.14. The average molecular weight is 212 g/mol. The Morgan fingerprint density at radius 2 is 2.33 bits per heavy atom. The van der Waals surface area contributed by atoms with Gasteiger partial charge in [0.05, 0.1) is 18.5 Å². The van der Waals surface area contributed by atoms with Gasteiger partial charge >= 0.3 is 5.97 Å². The van der Waals surface area contributed by atoms with E-state index < -0.39 is 5.97 Å². The van der Waals surface area contributed by atoms with E-state index in [9.17, 15) is 9.59 Å². The molecule has 1 rings (SSSR count). The molecule has 1 aromatic heterocycles. The summed E-state index contributed by atoms with van der Waals surface area (Å²) in [5, 5.41) is 8.44. The predicted octanol–water partition coefficient (Wildman–Crippen LogP) is 0.150. The maximum atomic E-state index is 11.5. The van der Waals surface area contributed by atoms with Crippen molar-refractivity contribution in [3.05, 3.63) is 18.4 Å². The maximum Gasteiger partial charge on any atom is 0.305 e. The number of nitrogens with zero attached hydrogens (tertiary/aromatic N) is 2. The highest BCUT2D eigenvalue weighted by Gasteiger charge is 2.12. The van der Waals surface area contributed by atoms with E-state index in [1.807, 2.05) is 0 Å². The lowest BCUT2D eigenvalue weighted by Crippen LogP contribution is -2.30. The minimum Gasteiger partial charge on any atom is -0.481 e. The van der Waals surface area contributed by atoms with E-state index in [0.717, 1.165) is 0 Å². The van der Waals surface area contributed by atoms with E-state index >= 15 is 0 Å². The van der Waals surface area contributed by atoms with E-state index in [-0.39, 0.29) is 25.3 Å². The topological polar surface area (TPSA) is 83.6 Å². The average Bonchev–Trinajstić information content (AvgIpc) is 2.66. The molecule has 0 aromatic carbocycles. The first-order valence-electron chi connectivity index (χ1n) is 4.42. The molecule has 0 aliphatic rings. The Balaban J connectivity index is 2.36. The Labute approximate surface area is 86.5 Å². The Morgan fingerprint density at radius 1 is 1.60 bits per heavy atom. The number of amides is 1. The SMILES string of the molecule is CN(CCC(=O)O)C(=O)Cc1cocn1. The van der Waals surface area contributed by atoms with Gasteiger partial charge in [0, 0.05) is 13.6 Å². The molecule has 82 valence electrons. The summed E-state index contributed by atoms with van der Waals surface area (Å²) in [6, 6.07) is 0. The fourth-order valence-electron chi connectivity index (χ4n) is 1.00. The second-order valence-corrected chi connectivity index (χ2v) is 3.12. The number of carbonyl (C=O) groups excluding carboxylic acids is 1. The van der Waals surface area contributed by atoms with Crippen LogP contribution in [0.3, 0.4) is 0 Å². The predicted molar refractivity (Wildman–Crippen MR) is 50.1 cm³/mol. The van der Waals surface area contributed by atoms with Crippen molar-refractivity contribution in [3.63, 3.8) is 0 Å². The van der Waals surface area contributed by atoms with Crippen molar-refractivity contribution in [1.82, 2.24) is 9.88 Å². The number of rotatable bonds is 5. The van der Waals surface area contributed by atoms with Gasteiger partial charge in [0.15, 0.2) is 6.39 Å². The summed E-state index contributed by atoms with van der Waals surface area (Å²) in [7, 11) is 1.56.